The standard InChI is InChI=1S/C23H23N7.2ClH/c1-24-22-19-8-7-18(15-20(19)27-23(28-22)21-16-25-9-10-26-21)30-13-11-29(12-14-30)17-5-3-2-4-6-17;;/h2-10,15-16H,11-14H2,1H3,(H,24,27,28);2*1H. The summed E-state index contributed by atoms with van der Waals surface area (Å²) in [6, 6.07) is 17.0. The van der Waals surface area contributed by atoms with Crippen molar-refractivity contribution in [2.75, 3.05) is 48.3 Å². The molecular weight excluding hydrogens is 445 g/mol. The fourth-order valence-electron chi connectivity index (χ4n) is 3.90. The molecule has 166 valence electrons. The van der Waals surface area contributed by atoms with Crippen LogP contribution in [0, 0.1) is 0 Å². The van der Waals surface area contributed by atoms with Gasteiger partial charge in [0.05, 0.1) is 11.7 Å². The van der Waals surface area contributed by atoms with Gasteiger partial charge in [0, 0.05) is 62.4 Å². The lowest BCUT2D eigenvalue weighted by molar-refractivity contribution is 0.654. The van der Waals surface area contributed by atoms with Crippen LogP contribution < -0.4 is 15.1 Å². The summed E-state index contributed by atoms with van der Waals surface area (Å²) in [6.07, 6.45) is 4.99. The minimum atomic E-state index is 0. The molecule has 4 aromatic rings. The van der Waals surface area contributed by atoms with Crippen molar-refractivity contribution in [1.82, 2.24) is 19.9 Å². The predicted molar refractivity (Wildman–Crippen MR) is 135 cm³/mol. The van der Waals surface area contributed by atoms with Crippen LogP contribution in [-0.4, -0.2) is 53.2 Å². The number of rotatable bonds is 4. The van der Waals surface area contributed by atoms with Gasteiger partial charge in [0.25, 0.3) is 0 Å². The van der Waals surface area contributed by atoms with Crippen molar-refractivity contribution in [3.63, 3.8) is 0 Å². The third-order valence-electron chi connectivity index (χ3n) is 5.48. The Balaban J connectivity index is 0.00000144. The summed E-state index contributed by atoms with van der Waals surface area (Å²) >= 11 is 0. The minimum Gasteiger partial charge on any atom is -0.373 e. The average Bonchev–Trinajstić information content (AvgIpc) is 2.84. The number of piperazine rings is 1. The Bertz CT molecular complexity index is 1150. The van der Waals surface area contributed by atoms with Crippen LogP contribution in [0.3, 0.4) is 0 Å². The van der Waals surface area contributed by atoms with Crippen molar-refractivity contribution in [2.24, 2.45) is 0 Å². The summed E-state index contributed by atoms with van der Waals surface area (Å²) in [5.74, 6) is 1.37. The minimum absolute atomic E-state index is 0. The molecule has 0 bridgehead atoms. The van der Waals surface area contributed by atoms with Crippen molar-refractivity contribution in [3.05, 3.63) is 67.1 Å². The number of anilines is 3. The van der Waals surface area contributed by atoms with Crippen molar-refractivity contribution in [2.45, 2.75) is 0 Å². The normalized spacial score (nSPS) is 13.3. The number of fused-ring (bicyclic) bond motifs is 1. The first-order valence-corrected chi connectivity index (χ1v) is 10.1. The topological polar surface area (TPSA) is 70.1 Å². The van der Waals surface area contributed by atoms with Crippen LogP contribution in [0.4, 0.5) is 17.2 Å². The number of nitrogens with one attached hydrogen (secondary N) is 1. The maximum Gasteiger partial charge on any atom is 0.182 e. The first-order chi connectivity index (χ1) is 14.8. The molecule has 0 unspecified atom stereocenters. The molecule has 1 aliphatic heterocycles. The van der Waals surface area contributed by atoms with Crippen LogP contribution in [0.15, 0.2) is 67.1 Å². The molecule has 0 spiro atoms. The summed E-state index contributed by atoms with van der Waals surface area (Å²) in [7, 11) is 1.87. The quantitative estimate of drug-likeness (QED) is 0.477. The van der Waals surface area contributed by atoms with Gasteiger partial charge in [-0.25, -0.2) is 15.0 Å². The van der Waals surface area contributed by atoms with Crippen LogP contribution in [0.2, 0.25) is 0 Å². The van der Waals surface area contributed by atoms with Crippen LogP contribution in [0.1, 0.15) is 0 Å². The molecule has 2 aromatic carbocycles. The first kappa shape index (κ1) is 23.5. The third kappa shape index (κ3) is 4.69. The number of nitrogens with zero attached hydrogens (tertiary/aromatic N) is 6. The van der Waals surface area contributed by atoms with E-state index in [0.717, 1.165) is 42.9 Å². The molecule has 3 heterocycles. The van der Waals surface area contributed by atoms with Crippen LogP contribution >= 0.6 is 24.8 Å². The van der Waals surface area contributed by atoms with Gasteiger partial charge in [-0.2, -0.15) is 0 Å². The van der Waals surface area contributed by atoms with E-state index >= 15 is 0 Å². The smallest absolute Gasteiger partial charge is 0.182 e. The van der Waals surface area contributed by atoms with Gasteiger partial charge in [0.15, 0.2) is 5.82 Å². The fraction of sp³-hybridized carbons (Fsp3) is 0.217. The zero-order chi connectivity index (χ0) is 20.3. The monoisotopic (exact) mass is 469 g/mol. The van der Waals surface area contributed by atoms with E-state index in [4.69, 9.17) is 4.98 Å². The molecule has 7 nitrogen and oxygen atoms in total. The molecule has 2 aromatic heterocycles. The predicted octanol–water partition coefficient (Wildman–Crippen LogP) is 4.30. The second-order valence-corrected chi connectivity index (χ2v) is 7.25. The molecule has 5 rings (SSSR count). The number of hydrogen-bond acceptors (Lipinski definition) is 7. The van der Waals surface area contributed by atoms with Gasteiger partial charge in [0.2, 0.25) is 0 Å². The van der Waals surface area contributed by atoms with Crippen LogP contribution in [0.5, 0.6) is 0 Å². The van der Waals surface area contributed by atoms with Gasteiger partial charge in [-0.15, -0.1) is 24.8 Å². The van der Waals surface area contributed by atoms with Crippen molar-refractivity contribution in [1.29, 1.82) is 0 Å². The average molecular weight is 470 g/mol. The maximum absolute atomic E-state index is 4.78. The van der Waals surface area contributed by atoms with E-state index in [-0.39, 0.29) is 24.8 Å². The molecule has 1 fully saturated rings. The summed E-state index contributed by atoms with van der Waals surface area (Å²) in [6.45, 7) is 3.94. The lowest BCUT2D eigenvalue weighted by Crippen LogP contribution is -2.46. The summed E-state index contributed by atoms with van der Waals surface area (Å²) < 4.78 is 0. The zero-order valence-electron chi connectivity index (χ0n) is 17.7. The summed E-state index contributed by atoms with van der Waals surface area (Å²) in [5.41, 5.74) is 4.03. The van der Waals surface area contributed by atoms with Crippen LogP contribution in [0.25, 0.3) is 22.4 Å². The Kier molecular flexibility index (Phi) is 7.66. The van der Waals surface area contributed by atoms with E-state index in [1.54, 1.807) is 18.6 Å². The Morgan fingerprint density at radius 1 is 0.812 bits per heavy atom. The molecule has 9 heteroatoms. The second-order valence-electron chi connectivity index (χ2n) is 7.25. The SMILES string of the molecule is CNc1nc(-c2cnccn2)nc2cc(N3CCN(c4ccccc4)CC3)ccc12.Cl.Cl. The third-order valence-corrected chi connectivity index (χ3v) is 5.48. The molecule has 0 radical (unpaired) electrons. The molecule has 0 aliphatic carbocycles. The largest absolute Gasteiger partial charge is 0.373 e. The van der Waals surface area contributed by atoms with Gasteiger partial charge >= 0.3 is 0 Å². The van der Waals surface area contributed by atoms with Gasteiger partial charge in [-0.3, -0.25) is 4.98 Å². The fourth-order valence-corrected chi connectivity index (χ4v) is 3.90. The second kappa shape index (κ2) is 10.4. The van der Waals surface area contributed by atoms with E-state index < -0.39 is 0 Å². The molecule has 1 aliphatic rings. The Hall–Kier alpha value is -3.16. The first-order valence-electron chi connectivity index (χ1n) is 10.1. The highest BCUT2D eigenvalue weighted by Gasteiger charge is 2.18. The Morgan fingerprint density at radius 2 is 1.53 bits per heavy atom. The maximum atomic E-state index is 4.78. The lowest BCUT2D eigenvalue weighted by Gasteiger charge is -2.37. The van der Waals surface area contributed by atoms with Gasteiger partial charge in [-0.05, 0) is 30.3 Å². The summed E-state index contributed by atoms with van der Waals surface area (Å²) in [4.78, 5) is 22.8. The van der Waals surface area contributed by atoms with E-state index in [0.29, 0.717) is 11.5 Å². The Labute approximate surface area is 199 Å². The summed E-state index contributed by atoms with van der Waals surface area (Å²) in [5, 5.41) is 4.18. The van der Waals surface area contributed by atoms with Gasteiger partial charge in [-0.1, -0.05) is 18.2 Å². The lowest BCUT2D eigenvalue weighted by atomic mass is 10.1. The zero-order valence-corrected chi connectivity index (χ0v) is 19.3. The molecule has 0 saturated carbocycles. The van der Waals surface area contributed by atoms with Crippen molar-refractivity contribution in [3.8, 4) is 11.5 Å². The highest BCUT2D eigenvalue weighted by Crippen LogP contribution is 2.28. The molecule has 1 saturated heterocycles. The highest BCUT2D eigenvalue weighted by molar-refractivity contribution is 5.92. The van der Waals surface area contributed by atoms with Crippen LogP contribution in [-0.2, 0) is 0 Å². The highest BCUT2D eigenvalue weighted by atomic mass is 35.5. The van der Waals surface area contributed by atoms with E-state index in [2.05, 4.69) is 78.6 Å². The van der Waals surface area contributed by atoms with Gasteiger partial charge in [0.1, 0.15) is 11.5 Å². The molecule has 32 heavy (non-hydrogen) atoms. The van der Waals surface area contributed by atoms with E-state index in [9.17, 15) is 0 Å². The molecule has 0 amide bonds. The number of para-hydroxylation sites is 1. The number of benzene rings is 2. The Morgan fingerprint density at radius 3 is 2.19 bits per heavy atom. The van der Waals surface area contributed by atoms with Gasteiger partial charge < -0.3 is 15.1 Å². The van der Waals surface area contributed by atoms with Crippen molar-refractivity contribution >= 4 is 52.9 Å². The molecular formula is C23H25Cl2N7. The number of hydrogen-bond donors (Lipinski definition) is 1. The number of halogens is 2. The van der Waals surface area contributed by atoms with Crippen molar-refractivity contribution < 1.29 is 0 Å². The van der Waals surface area contributed by atoms with E-state index in [1.807, 2.05) is 7.05 Å². The molecule has 1 N–H and O–H groups in total. The van der Waals surface area contributed by atoms with E-state index in [1.165, 1.54) is 11.4 Å². The number of aromatic nitrogens is 4. The molecule has 0 atom stereocenters.